The first-order chi connectivity index (χ1) is 9.85. The monoisotopic (exact) mass is 267 g/mol. The summed E-state index contributed by atoms with van der Waals surface area (Å²) >= 11 is 0. The van der Waals surface area contributed by atoms with Gasteiger partial charge in [-0.1, -0.05) is 19.1 Å². The Labute approximate surface area is 117 Å². The van der Waals surface area contributed by atoms with Crippen molar-refractivity contribution >= 4 is 16.9 Å². The van der Waals surface area contributed by atoms with Crippen LogP contribution in [0.25, 0.3) is 11.0 Å². The van der Waals surface area contributed by atoms with Crippen LogP contribution in [0.3, 0.4) is 0 Å². The molecule has 3 rings (SSSR count). The Morgan fingerprint density at radius 3 is 2.90 bits per heavy atom. The smallest absolute Gasteiger partial charge is 0.138 e. The molecule has 0 aliphatic carbocycles. The van der Waals surface area contributed by atoms with Gasteiger partial charge in [-0.2, -0.15) is 0 Å². The van der Waals surface area contributed by atoms with Crippen LogP contribution in [0.1, 0.15) is 25.0 Å². The van der Waals surface area contributed by atoms with Crippen molar-refractivity contribution in [3.63, 3.8) is 0 Å². The van der Waals surface area contributed by atoms with Crippen molar-refractivity contribution < 1.29 is 0 Å². The van der Waals surface area contributed by atoms with Crippen LogP contribution in [0, 0.1) is 0 Å². The SMILES string of the molecule is CCCNc1ccnc(Cc2nc3ccccc3[nH]2)n1. The number of para-hydroxylation sites is 2. The van der Waals surface area contributed by atoms with Gasteiger partial charge in [-0.3, -0.25) is 0 Å². The summed E-state index contributed by atoms with van der Waals surface area (Å²) < 4.78 is 0. The Morgan fingerprint density at radius 1 is 1.15 bits per heavy atom. The van der Waals surface area contributed by atoms with E-state index in [0.29, 0.717) is 6.42 Å². The fourth-order valence-electron chi connectivity index (χ4n) is 2.07. The molecule has 5 nitrogen and oxygen atoms in total. The van der Waals surface area contributed by atoms with E-state index in [1.807, 2.05) is 30.3 Å². The summed E-state index contributed by atoms with van der Waals surface area (Å²) in [5.74, 6) is 2.52. The number of hydrogen-bond donors (Lipinski definition) is 2. The number of fused-ring (bicyclic) bond motifs is 1. The first-order valence-corrected chi connectivity index (χ1v) is 6.84. The number of hydrogen-bond acceptors (Lipinski definition) is 4. The molecule has 0 bridgehead atoms. The van der Waals surface area contributed by atoms with E-state index in [1.165, 1.54) is 0 Å². The summed E-state index contributed by atoms with van der Waals surface area (Å²) in [6.45, 7) is 3.05. The van der Waals surface area contributed by atoms with Crippen LogP contribution in [-0.2, 0) is 6.42 Å². The molecule has 0 saturated carbocycles. The summed E-state index contributed by atoms with van der Waals surface area (Å²) in [5.41, 5.74) is 2.02. The van der Waals surface area contributed by atoms with Crippen LogP contribution in [0.4, 0.5) is 5.82 Å². The lowest BCUT2D eigenvalue weighted by atomic mass is 10.3. The van der Waals surface area contributed by atoms with Crippen molar-refractivity contribution in [2.45, 2.75) is 19.8 Å². The predicted molar refractivity (Wildman–Crippen MR) is 79.7 cm³/mol. The second-order valence-electron chi connectivity index (χ2n) is 4.66. The third kappa shape index (κ3) is 2.77. The second-order valence-corrected chi connectivity index (χ2v) is 4.66. The largest absolute Gasteiger partial charge is 0.370 e. The number of rotatable bonds is 5. The highest BCUT2D eigenvalue weighted by atomic mass is 15.0. The number of aromatic nitrogens is 4. The van der Waals surface area contributed by atoms with Crippen molar-refractivity contribution in [3.05, 3.63) is 48.2 Å². The standard InChI is InChI=1S/C15H17N5/c1-2-8-16-13-7-9-17-14(20-13)10-15-18-11-5-3-4-6-12(11)19-15/h3-7,9H,2,8,10H2,1H3,(H,18,19)(H,16,17,20). The lowest BCUT2D eigenvalue weighted by Gasteiger charge is -2.04. The summed E-state index contributed by atoms with van der Waals surface area (Å²) in [7, 11) is 0. The van der Waals surface area contributed by atoms with Crippen LogP contribution in [0.5, 0.6) is 0 Å². The first-order valence-electron chi connectivity index (χ1n) is 6.84. The lowest BCUT2D eigenvalue weighted by Crippen LogP contribution is -2.05. The van der Waals surface area contributed by atoms with Gasteiger partial charge in [0.1, 0.15) is 17.5 Å². The third-order valence-corrected chi connectivity index (χ3v) is 3.03. The number of H-pyrrole nitrogens is 1. The van der Waals surface area contributed by atoms with Crippen LogP contribution >= 0.6 is 0 Å². The van der Waals surface area contributed by atoms with E-state index in [4.69, 9.17) is 0 Å². The van der Waals surface area contributed by atoms with E-state index in [9.17, 15) is 0 Å². The highest BCUT2D eigenvalue weighted by molar-refractivity contribution is 5.74. The average Bonchev–Trinajstić information content (AvgIpc) is 2.87. The number of anilines is 1. The number of nitrogens with one attached hydrogen (secondary N) is 2. The van der Waals surface area contributed by atoms with Gasteiger partial charge in [0.15, 0.2) is 0 Å². The molecule has 5 heteroatoms. The molecule has 0 aliphatic heterocycles. The Hall–Kier alpha value is -2.43. The van der Waals surface area contributed by atoms with E-state index in [1.54, 1.807) is 6.20 Å². The summed E-state index contributed by atoms with van der Waals surface area (Å²) in [6.07, 6.45) is 3.46. The molecule has 20 heavy (non-hydrogen) atoms. The fraction of sp³-hybridized carbons (Fsp3) is 0.267. The zero-order valence-electron chi connectivity index (χ0n) is 11.4. The maximum Gasteiger partial charge on any atom is 0.138 e. The van der Waals surface area contributed by atoms with Gasteiger partial charge in [0.25, 0.3) is 0 Å². The Bertz CT molecular complexity index is 671. The minimum absolute atomic E-state index is 0.607. The van der Waals surface area contributed by atoms with Gasteiger partial charge in [-0.15, -0.1) is 0 Å². The van der Waals surface area contributed by atoms with Crippen LogP contribution in [0.15, 0.2) is 36.5 Å². The molecule has 2 heterocycles. The van der Waals surface area contributed by atoms with E-state index in [2.05, 4.69) is 32.2 Å². The molecule has 0 fully saturated rings. The Balaban J connectivity index is 1.79. The molecule has 0 atom stereocenters. The zero-order chi connectivity index (χ0) is 13.8. The van der Waals surface area contributed by atoms with Crippen molar-refractivity contribution in [1.82, 2.24) is 19.9 Å². The normalized spacial score (nSPS) is 10.8. The molecular formula is C15H17N5. The molecule has 2 aromatic heterocycles. The zero-order valence-corrected chi connectivity index (χ0v) is 11.4. The molecule has 0 aliphatic rings. The number of nitrogens with zero attached hydrogens (tertiary/aromatic N) is 3. The number of benzene rings is 1. The quantitative estimate of drug-likeness (QED) is 0.746. The van der Waals surface area contributed by atoms with Crippen molar-refractivity contribution in [1.29, 1.82) is 0 Å². The lowest BCUT2D eigenvalue weighted by molar-refractivity contribution is 0.903. The molecule has 3 aromatic rings. The van der Waals surface area contributed by atoms with E-state index < -0.39 is 0 Å². The summed E-state index contributed by atoms with van der Waals surface area (Å²) in [5, 5.41) is 3.27. The van der Waals surface area contributed by atoms with Gasteiger partial charge < -0.3 is 10.3 Å². The molecule has 0 unspecified atom stereocenters. The van der Waals surface area contributed by atoms with Crippen LogP contribution in [-0.4, -0.2) is 26.5 Å². The van der Waals surface area contributed by atoms with Crippen molar-refractivity contribution in [3.8, 4) is 0 Å². The molecule has 2 N–H and O–H groups in total. The van der Waals surface area contributed by atoms with Crippen molar-refractivity contribution in [2.24, 2.45) is 0 Å². The summed E-state index contributed by atoms with van der Waals surface area (Å²) in [6, 6.07) is 9.88. The minimum Gasteiger partial charge on any atom is -0.370 e. The van der Waals surface area contributed by atoms with E-state index >= 15 is 0 Å². The molecule has 102 valence electrons. The van der Waals surface area contributed by atoms with Gasteiger partial charge in [0, 0.05) is 12.7 Å². The Kier molecular flexibility index (Phi) is 3.58. The van der Waals surface area contributed by atoms with Gasteiger partial charge in [-0.05, 0) is 24.6 Å². The first kappa shape index (κ1) is 12.6. The fourth-order valence-corrected chi connectivity index (χ4v) is 2.07. The van der Waals surface area contributed by atoms with E-state index in [0.717, 1.165) is 41.5 Å². The topological polar surface area (TPSA) is 66.5 Å². The highest BCUT2D eigenvalue weighted by Gasteiger charge is 2.05. The third-order valence-electron chi connectivity index (χ3n) is 3.03. The maximum atomic E-state index is 4.54. The highest BCUT2D eigenvalue weighted by Crippen LogP contribution is 2.12. The van der Waals surface area contributed by atoms with Crippen LogP contribution < -0.4 is 5.32 Å². The molecule has 1 aromatic carbocycles. The minimum atomic E-state index is 0.607. The van der Waals surface area contributed by atoms with Crippen LogP contribution in [0.2, 0.25) is 0 Å². The summed E-state index contributed by atoms with van der Waals surface area (Å²) in [4.78, 5) is 16.6. The second kappa shape index (κ2) is 5.69. The average molecular weight is 267 g/mol. The van der Waals surface area contributed by atoms with Gasteiger partial charge >= 0.3 is 0 Å². The molecular weight excluding hydrogens is 250 g/mol. The molecule has 0 spiro atoms. The van der Waals surface area contributed by atoms with E-state index in [-0.39, 0.29) is 0 Å². The van der Waals surface area contributed by atoms with Gasteiger partial charge in [-0.25, -0.2) is 15.0 Å². The molecule has 0 saturated heterocycles. The van der Waals surface area contributed by atoms with Gasteiger partial charge in [0.2, 0.25) is 0 Å². The number of aromatic amines is 1. The Morgan fingerprint density at radius 2 is 2.05 bits per heavy atom. The van der Waals surface area contributed by atoms with Crippen molar-refractivity contribution in [2.75, 3.05) is 11.9 Å². The van der Waals surface area contributed by atoms with Gasteiger partial charge in [0.05, 0.1) is 17.5 Å². The predicted octanol–water partition coefficient (Wildman–Crippen LogP) is 2.77. The molecule has 0 amide bonds. The number of imidazole rings is 1. The molecule has 0 radical (unpaired) electrons. The maximum absolute atomic E-state index is 4.54.